The lowest BCUT2D eigenvalue weighted by Crippen LogP contribution is -2.55. The fraction of sp³-hybridized carbons (Fsp3) is 0.286. The third-order valence-electron chi connectivity index (χ3n) is 3.64. The predicted octanol–water partition coefficient (Wildman–Crippen LogP) is 0.385. The monoisotopic (exact) mass is 319 g/mol. The van der Waals surface area contributed by atoms with Crippen molar-refractivity contribution in [1.82, 2.24) is 14.7 Å². The largest absolute Gasteiger partial charge is 0.479 e. The number of nitrogens with one attached hydrogen (secondary N) is 1. The van der Waals surface area contributed by atoms with E-state index in [1.165, 1.54) is 28.6 Å². The van der Waals surface area contributed by atoms with Gasteiger partial charge in [-0.3, -0.25) is 14.0 Å². The van der Waals surface area contributed by atoms with Gasteiger partial charge in [0, 0.05) is 18.1 Å². The number of rotatable bonds is 3. The smallest absolute Gasteiger partial charge is 0.330 e. The average Bonchev–Trinajstić information content (AvgIpc) is 2.97. The van der Waals surface area contributed by atoms with Crippen molar-refractivity contribution in [2.45, 2.75) is 12.0 Å². The molecule has 0 bridgehead atoms. The van der Waals surface area contributed by atoms with Crippen molar-refractivity contribution in [2.24, 2.45) is 0 Å². The van der Waals surface area contributed by atoms with E-state index in [9.17, 15) is 19.5 Å². The minimum absolute atomic E-state index is 0.166. The molecule has 1 atom stereocenters. The molecule has 0 radical (unpaired) electrons. The summed E-state index contributed by atoms with van der Waals surface area (Å²) in [5, 5.41) is 11.9. The number of carbonyl (C=O) groups excluding carboxylic acids is 1. The van der Waals surface area contributed by atoms with E-state index in [1.807, 2.05) is 0 Å². The molecule has 7 nitrogen and oxygen atoms in total. The number of carboxylic acids is 1. The van der Waals surface area contributed by atoms with Gasteiger partial charge >= 0.3 is 5.97 Å². The van der Waals surface area contributed by atoms with Gasteiger partial charge < -0.3 is 10.4 Å². The summed E-state index contributed by atoms with van der Waals surface area (Å²) in [5.74, 6) is -0.849. The number of hydrogen-bond donors (Lipinski definition) is 2. The molecule has 3 heterocycles. The molecule has 114 valence electrons. The number of nitrogens with zero attached hydrogens (tertiary/aromatic N) is 2. The second-order valence-electron chi connectivity index (χ2n) is 5.05. The average molecular weight is 319 g/mol. The highest BCUT2D eigenvalue weighted by Crippen LogP contribution is 2.28. The van der Waals surface area contributed by atoms with Crippen molar-refractivity contribution in [3.8, 4) is 0 Å². The Labute approximate surface area is 129 Å². The maximum absolute atomic E-state index is 12.3. The van der Waals surface area contributed by atoms with E-state index >= 15 is 0 Å². The van der Waals surface area contributed by atoms with Crippen molar-refractivity contribution in [3.63, 3.8) is 0 Å². The van der Waals surface area contributed by atoms with E-state index in [4.69, 9.17) is 0 Å². The fourth-order valence-electron chi connectivity index (χ4n) is 2.35. The Morgan fingerprint density at radius 3 is 2.91 bits per heavy atom. The second-order valence-corrected chi connectivity index (χ2v) is 6.16. The molecule has 2 N–H and O–H groups in total. The van der Waals surface area contributed by atoms with Crippen LogP contribution in [0.2, 0.25) is 0 Å². The quantitative estimate of drug-likeness (QED) is 0.848. The lowest BCUT2D eigenvalue weighted by atomic mass is 9.99. The standard InChI is InChI=1S/C14H13N3O4S/c18-11(16-14(13(20)21)4-6-22-8-14)9-7-15-10-3-1-2-5-17(10)12(9)19/h1-3,5,7H,4,6,8H2,(H,16,18)(H,20,21). The highest BCUT2D eigenvalue weighted by Gasteiger charge is 2.43. The molecule has 1 aliphatic heterocycles. The van der Waals surface area contributed by atoms with Crippen molar-refractivity contribution in [3.05, 3.63) is 46.5 Å². The zero-order chi connectivity index (χ0) is 15.7. The van der Waals surface area contributed by atoms with Crippen LogP contribution >= 0.6 is 11.8 Å². The van der Waals surface area contributed by atoms with E-state index < -0.39 is 23.0 Å². The van der Waals surface area contributed by atoms with Gasteiger partial charge in [-0.05, 0) is 24.3 Å². The molecule has 1 fully saturated rings. The van der Waals surface area contributed by atoms with Gasteiger partial charge in [-0.15, -0.1) is 0 Å². The molecule has 2 aromatic rings. The maximum Gasteiger partial charge on any atom is 0.330 e. The highest BCUT2D eigenvalue weighted by atomic mass is 32.2. The van der Waals surface area contributed by atoms with E-state index in [0.29, 0.717) is 17.8 Å². The van der Waals surface area contributed by atoms with Crippen molar-refractivity contribution in [1.29, 1.82) is 0 Å². The van der Waals surface area contributed by atoms with E-state index in [1.54, 1.807) is 18.2 Å². The highest BCUT2D eigenvalue weighted by molar-refractivity contribution is 7.99. The van der Waals surface area contributed by atoms with Crippen LogP contribution in [0.5, 0.6) is 0 Å². The van der Waals surface area contributed by atoms with Crippen LogP contribution in [0.15, 0.2) is 35.4 Å². The first-order chi connectivity index (χ1) is 10.5. The number of pyridine rings is 1. The lowest BCUT2D eigenvalue weighted by Gasteiger charge is -2.24. The summed E-state index contributed by atoms with van der Waals surface area (Å²) in [6.07, 6.45) is 3.03. The number of carbonyl (C=O) groups is 2. The molecule has 8 heteroatoms. The molecule has 1 unspecified atom stereocenters. The number of aliphatic carboxylic acids is 1. The van der Waals surface area contributed by atoms with Gasteiger partial charge in [0.15, 0.2) is 0 Å². The number of thioether (sulfide) groups is 1. The van der Waals surface area contributed by atoms with Crippen LogP contribution < -0.4 is 10.9 Å². The molecular formula is C14H13N3O4S. The van der Waals surface area contributed by atoms with Gasteiger partial charge in [0.25, 0.3) is 11.5 Å². The molecule has 0 aromatic carbocycles. The first-order valence-electron chi connectivity index (χ1n) is 6.64. The predicted molar refractivity (Wildman–Crippen MR) is 81.2 cm³/mol. The molecule has 0 spiro atoms. The van der Waals surface area contributed by atoms with Crippen LogP contribution in [0.25, 0.3) is 5.65 Å². The van der Waals surface area contributed by atoms with E-state index in [0.717, 1.165) is 0 Å². The number of aromatic nitrogens is 2. The van der Waals surface area contributed by atoms with Gasteiger partial charge in [-0.2, -0.15) is 11.8 Å². The normalized spacial score (nSPS) is 20.9. The van der Waals surface area contributed by atoms with Gasteiger partial charge in [-0.25, -0.2) is 9.78 Å². The molecule has 22 heavy (non-hydrogen) atoms. The third kappa shape index (κ3) is 2.35. The number of carboxylic acid groups (broad SMARTS) is 1. The molecular weight excluding hydrogens is 306 g/mol. The molecule has 1 aliphatic rings. The number of fused-ring (bicyclic) bond motifs is 1. The van der Waals surface area contributed by atoms with Crippen LogP contribution in [0, 0.1) is 0 Å². The summed E-state index contributed by atoms with van der Waals surface area (Å²) in [6, 6.07) is 5.04. The molecule has 2 aromatic heterocycles. The topological polar surface area (TPSA) is 101 Å². The van der Waals surface area contributed by atoms with Crippen LogP contribution in [-0.4, -0.2) is 43.4 Å². The maximum atomic E-state index is 12.3. The second kappa shape index (κ2) is 5.45. The van der Waals surface area contributed by atoms with Crippen LogP contribution in [0.3, 0.4) is 0 Å². The lowest BCUT2D eigenvalue weighted by molar-refractivity contribution is -0.143. The third-order valence-corrected chi connectivity index (χ3v) is 4.83. The van der Waals surface area contributed by atoms with Crippen LogP contribution in [0.4, 0.5) is 0 Å². The summed E-state index contributed by atoms with van der Waals surface area (Å²) >= 11 is 1.46. The van der Waals surface area contributed by atoms with Crippen LogP contribution in [-0.2, 0) is 4.79 Å². The van der Waals surface area contributed by atoms with Gasteiger partial charge in [0.05, 0.1) is 0 Å². The van der Waals surface area contributed by atoms with E-state index in [-0.39, 0.29) is 11.3 Å². The summed E-state index contributed by atoms with van der Waals surface area (Å²) in [5.41, 5.74) is -1.58. The van der Waals surface area contributed by atoms with Crippen molar-refractivity contribution >= 4 is 29.3 Å². The molecule has 3 rings (SSSR count). The van der Waals surface area contributed by atoms with Gasteiger partial charge in [0.1, 0.15) is 16.7 Å². The van der Waals surface area contributed by atoms with Crippen molar-refractivity contribution in [2.75, 3.05) is 11.5 Å². The summed E-state index contributed by atoms with van der Waals surface area (Å²) < 4.78 is 1.26. The Kier molecular flexibility index (Phi) is 3.61. The van der Waals surface area contributed by atoms with Gasteiger partial charge in [-0.1, -0.05) is 6.07 Å². The summed E-state index contributed by atoms with van der Waals surface area (Å²) in [7, 11) is 0. The Morgan fingerprint density at radius 2 is 2.23 bits per heavy atom. The first kappa shape index (κ1) is 14.6. The molecule has 1 amide bonds. The minimum Gasteiger partial charge on any atom is -0.479 e. The fourth-order valence-corrected chi connectivity index (χ4v) is 3.68. The van der Waals surface area contributed by atoms with Crippen LogP contribution in [0.1, 0.15) is 16.8 Å². The Bertz CT molecular complexity index is 811. The number of hydrogen-bond acceptors (Lipinski definition) is 5. The Balaban J connectivity index is 1.97. The first-order valence-corrected chi connectivity index (χ1v) is 7.79. The van der Waals surface area contributed by atoms with Gasteiger partial charge in [0.2, 0.25) is 0 Å². The SMILES string of the molecule is O=C(NC1(C(=O)O)CCSC1)c1cnc2ccccn2c1=O. The summed E-state index contributed by atoms with van der Waals surface area (Å²) in [4.78, 5) is 40.2. The minimum atomic E-state index is -1.31. The number of amides is 1. The molecule has 0 aliphatic carbocycles. The molecule has 1 saturated heterocycles. The molecule has 0 saturated carbocycles. The zero-order valence-corrected chi connectivity index (χ0v) is 12.3. The van der Waals surface area contributed by atoms with E-state index in [2.05, 4.69) is 10.3 Å². The Hall–Kier alpha value is -2.35. The zero-order valence-electron chi connectivity index (χ0n) is 11.5. The summed E-state index contributed by atoms with van der Waals surface area (Å²) in [6.45, 7) is 0. The van der Waals surface area contributed by atoms with Crippen molar-refractivity contribution < 1.29 is 14.7 Å². The Morgan fingerprint density at radius 1 is 1.41 bits per heavy atom.